The second-order valence-electron chi connectivity index (χ2n) is 5.97. The number of benzene rings is 2. The Balaban J connectivity index is 1.81. The summed E-state index contributed by atoms with van der Waals surface area (Å²) in [7, 11) is 0. The van der Waals surface area contributed by atoms with Gasteiger partial charge in [-0.25, -0.2) is 0 Å². The molecular weight excluding hydrogens is 342 g/mol. The van der Waals surface area contributed by atoms with E-state index in [2.05, 4.69) is 5.32 Å². The molecule has 5 nitrogen and oxygen atoms in total. The molecule has 0 aliphatic heterocycles. The van der Waals surface area contributed by atoms with Crippen LogP contribution in [0.15, 0.2) is 48.5 Å². The number of carbonyl (C=O) groups excluding carboxylic acids is 1. The number of phenols is 1. The number of aryl methyl sites for hydroxylation is 1. The minimum absolute atomic E-state index is 0.132. The summed E-state index contributed by atoms with van der Waals surface area (Å²) in [6.45, 7) is 5.56. The molecule has 27 heavy (non-hydrogen) atoms. The molecule has 0 spiro atoms. The van der Waals surface area contributed by atoms with Gasteiger partial charge in [-0.1, -0.05) is 18.2 Å². The van der Waals surface area contributed by atoms with E-state index in [4.69, 9.17) is 9.47 Å². The number of ether oxygens (including phenoxy) is 2. The van der Waals surface area contributed by atoms with Crippen LogP contribution in [0.1, 0.15) is 31.4 Å². The van der Waals surface area contributed by atoms with Crippen molar-refractivity contribution in [1.82, 2.24) is 5.32 Å². The maximum Gasteiger partial charge on any atom is 0.243 e. The van der Waals surface area contributed by atoms with Gasteiger partial charge in [-0.3, -0.25) is 4.79 Å². The molecular formula is C22H27NO4. The van der Waals surface area contributed by atoms with Crippen molar-refractivity contribution in [3.05, 3.63) is 59.7 Å². The fraction of sp³-hybridized carbons (Fsp3) is 0.318. The van der Waals surface area contributed by atoms with Crippen molar-refractivity contribution in [2.75, 3.05) is 19.8 Å². The number of aromatic hydroxyl groups is 1. The number of nitrogens with one attached hydrogen (secondary N) is 1. The van der Waals surface area contributed by atoms with Gasteiger partial charge in [-0.2, -0.15) is 0 Å². The van der Waals surface area contributed by atoms with Crippen molar-refractivity contribution >= 4 is 12.0 Å². The van der Waals surface area contributed by atoms with E-state index in [1.807, 2.05) is 44.2 Å². The van der Waals surface area contributed by atoms with Gasteiger partial charge in [0.15, 0.2) is 11.5 Å². The topological polar surface area (TPSA) is 67.8 Å². The zero-order chi connectivity index (χ0) is 19.5. The summed E-state index contributed by atoms with van der Waals surface area (Å²) >= 11 is 0. The van der Waals surface area contributed by atoms with Crippen LogP contribution in [0.2, 0.25) is 0 Å². The van der Waals surface area contributed by atoms with E-state index >= 15 is 0 Å². The van der Waals surface area contributed by atoms with Crippen molar-refractivity contribution in [1.29, 1.82) is 0 Å². The number of phenolic OH excluding ortho intramolecular Hbond substituents is 1. The van der Waals surface area contributed by atoms with Gasteiger partial charge < -0.3 is 19.9 Å². The molecule has 0 unspecified atom stereocenters. The van der Waals surface area contributed by atoms with Gasteiger partial charge in [-0.15, -0.1) is 0 Å². The molecule has 0 atom stereocenters. The molecule has 0 aliphatic rings. The van der Waals surface area contributed by atoms with Crippen LogP contribution in [0.3, 0.4) is 0 Å². The van der Waals surface area contributed by atoms with E-state index in [0.717, 1.165) is 24.0 Å². The summed E-state index contributed by atoms with van der Waals surface area (Å²) in [5, 5.41) is 12.1. The number of hydrogen-bond donors (Lipinski definition) is 2. The first-order valence-electron chi connectivity index (χ1n) is 9.25. The standard InChI is InChI=1S/C22H27NO4/c1-3-26-20-13-9-18(16-21(20)27-4-2)10-14-22(25)23-15-5-6-17-7-11-19(24)12-8-17/h7-14,16,24H,3-6,15H2,1-2H3,(H,23,25)/b14-10+. The average molecular weight is 369 g/mol. The highest BCUT2D eigenvalue weighted by atomic mass is 16.5. The number of rotatable bonds is 10. The monoisotopic (exact) mass is 369 g/mol. The SMILES string of the molecule is CCOc1ccc(/C=C/C(=O)NCCCc2ccc(O)cc2)cc1OCC. The Bertz CT molecular complexity index is 753. The Labute approximate surface area is 160 Å². The van der Waals surface area contributed by atoms with Crippen molar-refractivity contribution in [2.45, 2.75) is 26.7 Å². The second kappa shape index (κ2) is 10.9. The first-order chi connectivity index (χ1) is 13.1. The van der Waals surface area contributed by atoms with Crippen LogP contribution in [0.5, 0.6) is 17.2 Å². The van der Waals surface area contributed by atoms with Gasteiger partial charge in [0.2, 0.25) is 5.91 Å². The summed E-state index contributed by atoms with van der Waals surface area (Å²) in [5.74, 6) is 1.51. The predicted octanol–water partition coefficient (Wildman–Crippen LogP) is 3.95. The number of hydrogen-bond acceptors (Lipinski definition) is 4. The summed E-state index contributed by atoms with van der Waals surface area (Å²) in [4.78, 5) is 12.0. The highest BCUT2D eigenvalue weighted by Gasteiger charge is 2.05. The van der Waals surface area contributed by atoms with Gasteiger partial charge in [0, 0.05) is 12.6 Å². The highest BCUT2D eigenvalue weighted by Crippen LogP contribution is 2.28. The van der Waals surface area contributed by atoms with E-state index in [1.54, 1.807) is 18.2 Å². The Morgan fingerprint density at radius 3 is 2.44 bits per heavy atom. The Morgan fingerprint density at radius 1 is 1.04 bits per heavy atom. The van der Waals surface area contributed by atoms with E-state index < -0.39 is 0 Å². The molecule has 0 bridgehead atoms. The van der Waals surface area contributed by atoms with Crippen molar-refractivity contribution in [3.63, 3.8) is 0 Å². The molecule has 5 heteroatoms. The lowest BCUT2D eigenvalue weighted by Crippen LogP contribution is -2.22. The van der Waals surface area contributed by atoms with Gasteiger partial charge >= 0.3 is 0 Å². The first kappa shape index (κ1) is 20.4. The van der Waals surface area contributed by atoms with Crippen LogP contribution < -0.4 is 14.8 Å². The quantitative estimate of drug-likeness (QED) is 0.491. The third-order valence-electron chi connectivity index (χ3n) is 3.87. The fourth-order valence-electron chi connectivity index (χ4n) is 2.57. The zero-order valence-corrected chi connectivity index (χ0v) is 15.9. The molecule has 2 aromatic rings. The number of amides is 1. The first-order valence-corrected chi connectivity index (χ1v) is 9.25. The second-order valence-corrected chi connectivity index (χ2v) is 5.97. The van der Waals surface area contributed by atoms with Gasteiger partial charge in [0.05, 0.1) is 13.2 Å². The van der Waals surface area contributed by atoms with Gasteiger partial charge in [0.25, 0.3) is 0 Å². The smallest absolute Gasteiger partial charge is 0.243 e. The summed E-state index contributed by atoms with van der Waals surface area (Å²) in [6, 6.07) is 12.7. The average Bonchev–Trinajstić information content (AvgIpc) is 2.67. The van der Waals surface area contributed by atoms with E-state index in [1.165, 1.54) is 6.08 Å². The van der Waals surface area contributed by atoms with E-state index in [9.17, 15) is 9.90 Å². The maximum absolute atomic E-state index is 12.0. The lowest BCUT2D eigenvalue weighted by molar-refractivity contribution is -0.116. The summed E-state index contributed by atoms with van der Waals surface area (Å²) < 4.78 is 11.1. The van der Waals surface area contributed by atoms with Gasteiger partial charge in [-0.05, 0) is 68.2 Å². The minimum Gasteiger partial charge on any atom is -0.508 e. The summed E-state index contributed by atoms with van der Waals surface area (Å²) in [6.07, 6.45) is 4.96. The van der Waals surface area contributed by atoms with Crippen LogP contribution in [0.4, 0.5) is 0 Å². The van der Waals surface area contributed by atoms with E-state index in [-0.39, 0.29) is 11.7 Å². The maximum atomic E-state index is 12.0. The molecule has 0 saturated heterocycles. The molecule has 0 heterocycles. The third-order valence-corrected chi connectivity index (χ3v) is 3.87. The molecule has 0 fully saturated rings. The van der Waals surface area contributed by atoms with Crippen LogP contribution in [0, 0.1) is 0 Å². The minimum atomic E-state index is -0.132. The number of carbonyl (C=O) groups is 1. The molecule has 2 N–H and O–H groups in total. The molecule has 0 radical (unpaired) electrons. The van der Waals surface area contributed by atoms with Crippen molar-refractivity contribution in [2.24, 2.45) is 0 Å². The van der Waals surface area contributed by atoms with Crippen LogP contribution in [-0.4, -0.2) is 30.8 Å². The Morgan fingerprint density at radius 2 is 1.74 bits per heavy atom. The molecule has 2 aromatic carbocycles. The molecule has 0 saturated carbocycles. The molecule has 1 amide bonds. The Hall–Kier alpha value is -2.95. The van der Waals surface area contributed by atoms with Gasteiger partial charge in [0.1, 0.15) is 5.75 Å². The molecule has 2 rings (SSSR count). The van der Waals surface area contributed by atoms with Crippen LogP contribution in [-0.2, 0) is 11.2 Å². The largest absolute Gasteiger partial charge is 0.508 e. The zero-order valence-electron chi connectivity index (χ0n) is 15.9. The fourth-order valence-corrected chi connectivity index (χ4v) is 2.57. The van der Waals surface area contributed by atoms with Crippen LogP contribution in [0.25, 0.3) is 6.08 Å². The van der Waals surface area contributed by atoms with Crippen molar-refractivity contribution in [3.8, 4) is 17.2 Å². The normalized spacial score (nSPS) is 10.7. The highest BCUT2D eigenvalue weighted by molar-refractivity contribution is 5.91. The molecule has 144 valence electrons. The molecule has 0 aliphatic carbocycles. The molecule has 0 aromatic heterocycles. The lowest BCUT2D eigenvalue weighted by Gasteiger charge is -2.11. The van der Waals surface area contributed by atoms with E-state index in [0.29, 0.717) is 31.3 Å². The summed E-state index contributed by atoms with van der Waals surface area (Å²) in [5.41, 5.74) is 2.01. The van der Waals surface area contributed by atoms with Crippen molar-refractivity contribution < 1.29 is 19.4 Å². The Kier molecular flexibility index (Phi) is 8.23. The van der Waals surface area contributed by atoms with Crippen LogP contribution >= 0.6 is 0 Å². The predicted molar refractivity (Wildman–Crippen MR) is 107 cm³/mol. The third kappa shape index (κ3) is 7.05. The lowest BCUT2D eigenvalue weighted by atomic mass is 10.1.